The number of aliphatic hydroxyl groups is 2. The fourth-order valence-corrected chi connectivity index (χ4v) is 5.14. The molecule has 0 aliphatic rings. The van der Waals surface area contributed by atoms with Crippen molar-refractivity contribution >= 4 is 17.9 Å². The van der Waals surface area contributed by atoms with Crippen LogP contribution in [0, 0.1) is 25.7 Å². The van der Waals surface area contributed by atoms with Gasteiger partial charge in [-0.3, -0.25) is 14.4 Å². The van der Waals surface area contributed by atoms with Crippen molar-refractivity contribution in [3.63, 3.8) is 0 Å². The number of nitrogens with two attached hydrogens (primary N) is 1. The molecule has 5 unspecified atom stereocenters. The number of benzene rings is 2. The molecule has 11 heteroatoms. The Hall–Kier alpha value is -3.35. The van der Waals surface area contributed by atoms with E-state index in [1.165, 1.54) is 21.0 Å². The number of phenolic OH excluding ortho intramolecular Hbond substituents is 2. The molecule has 11 nitrogen and oxygen atoms in total. The Morgan fingerprint density at radius 2 is 1.67 bits per heavy atom. The van der Waals surface area contributed by atoms with Crippen LogP contribution in [0.4, 0.5) is 0 Å². The molecule has 238 valence electrons. The Labute approximate surface area is 252 Å². The summed E-state index contributed by atoms with van der Waals surface area (Å²) in [6.07, 6.45) is -3.12. The topological polar surface area (TPSA) is 186 Å². The average molecular weight is 604 g/mol. The van der Waals surface area contributed by atoms with E-state index in [0.717, 1.165) is 0 Å². The van der Waals surface area contributed by atoms with E-state index in [4.69, 9.17) is 19.9 Å². The second-order valence-corrected chi connectivity index (χ2v) is 11.0. The summed E-state index contributed by atoms with van der Waals surface area (Å²) in [5, 5.41) is 42.6. The van der Waals surface area contributed by atoms with Gasteiger partial charge in [0.2, 0.25) is 0 Å². The van der Waals surface area contributed by atoms with Gasteiger partial charge in [0.1, 0.15) is 23.9 Å². The van der Waals surface area contributed by atoms with Crippen LogP contribution in [0.5, 0.6) is 17.2 Å². The van der Waals surface area contributed by atoms with Crippen LogP contribution >= 0.6 is 0 Å². The number of aldehydes is 1. The van der Waals surface area contributed by atoms with E-state index in [1.54, 1.807) is 45.9 Å². The molecular formula is C32H45NO10. The molecular weight excluding hydrogens is 558 g/mol. The van der Waals surface area contributed by atoms with Crippen molar-refractivity contribution in [2.45, 2.75) is 79.0 Å². The fourth-order valence-electron chi connectivity index (χ4n) is 5.14. The Bertz CT molecular complexity index is 1260. The molecule has 0 amide bonds. The van der Waals surface area contributed by atoms with E-state index >= 15 is 0 Å². The molecule has 0 heterocycles. The lowest BCUT2D eigenvalue weighted by Gasteiger charge is -2.31. The maximum absolute atomic E-state index is 13.5. The molecule has 6 atom stereocenters. The Kier molecular flexibility index (Phi) is 13.3. The molecule has 0 saturated heterocycles. The zero-order valence-corrected chi connectivity index (χ0v) is 25.9. The summed E-state index contributed by atoms with van der Waals surface area (Å²) in [5.41, 5.74) is 6.53. The summed E-state index contributed by atoms with van der Waals surface area (Å²) in [6, 6.07) is 4.84. The highest BCUT2D eigenvalue weighted by atomic mass is 16.7. The number of hydrogen-bond donors (Lipinski definition) is 5. The second kappa shape index (κ2) is 15.9. The van der Waals surface area contributed by atoms with E-state index in [0.29, 0.717) is 17.6 Å². The number of rotatable bonds is 17. The molecule has 6 N–H and O–H groups in total. The van der Waals surface area contributed by atoms with Crippen LogP contribution in [0.1, 0.15) is 83.2 Å². The first-order valence-electron chi connectivity index (χ1n) is 14.3. The van der Waals surface area contributed by atoms with Crippen LogP contribution in [0.25, 0.3) is 0 Å². The van der Waals surface area contributed by atoms with Gasteiger partial charge in [0.15, 0.2) is 24.1 Å². The van der Waals surface area contributed by atoms with Crippen molar-refractivity contribution < 1.29 is 49.0 Å². The van der Waals surface area contributed by atoms with Crippen molar-refractivity contribution in [2.24, 2.45) is 17.6 Å². The summed E-state index contributed by atoms with van der Waals surface area (Å²) >= 11 is 0. The summed E-state index contributed by atoms with van der Waals surface area (Å²) < 4.78 is 17.2. The van der Waals surface area contributed by atoms with Gasteiger partial charge in [0.05, 0.1) is 36.5 Å². The average Bonchev–Trinajstić information content (AvgIpc) is 2.98. The van der Waals surface area contributed by atoms with Gasteiger partial charge in [-0.1, -0.05) is 26.0 Å². The summed E-state index contributed by atoms with van der Waals surface area (Å²) in [6.45, 7) is 9.20. The molecule has 0 aliphatic heterocycles. The minimum Gasteiger partial charge on any atom is -0.507 e. The molecule has 0 bridgehead atoms. The fraction of sp³-hybridized carbons (Fsp3) is 0.531. The third-order valence-electron chi connectivity index (χ3n) is 7.90. The van der Waals surface area contributed by atoms with Crippen molar-refractivity contribution in [1.29, 1.82) is 0 Å². The number of aromatic hydroxyl groups is 2. The molecule has 2 rings (SSSR count). The summed E-state index contributed by atoms with van der Waals surface area (Å²) in [5.74, 6) is -2.31. The first-order valence-corrected chi connectivity index (χ1v) is 14.3. The predicted octanol–water partition coefficient (Wildman–Crippen LogP) is 3.31. The number of hydrogen-bond acceptors (Lipinski definition) is 11. The van der Waals surface area contributed by atoms with Crippen LogP contribution in [0.15, 0.2) is 18.2 Å². The molecule has 0 saturated carbocycles. The molecule has 0 spiro atoms. The molecule has 0 aromatic heterocycles. The number of ether oxygens (including phenoxy) is 3. The minimum atomic E-state index is -1.01. The lowest BCUT2D eigenvalue weighted by molar-refractivity contribution is -0.207. The zero-order valence-electron chi connectivity index (χ0n) is 25.9. The lowest BCUT2D eigenvalue weighted by atomic mass is 9.86. The van der Waals surface area contributed by atoms with Crippen LogP contribution in [-0.4, -0.2) is 77.0 Å². The normalized spacial score (nSPS) is 15.7. The molecule has 0 radical (unpaired) electrons. The quantitative estimate of drug-likeness (QED) is 0.0773. The highest BCUT2D eigenvalue weighted by molar-refractivity contribution is 6.03. The highest BCUT2D eigenvalue weighted by Gasteiger charge is 2.32. The van der Waals surface area contributed by atoms with E-state index in [-0.39, 0.29) is 64.6 Å². The molecule has 2 aromatic rings. The van der Waals surface area contributed by atoms with Crippen molar-refractivity contribution in [2.75, 3.05) is 20.3 Å². The number of Topliss-reactive ketones (excluding diaryl/α,β-unsaturated/α-hetero) is 2. The number of ketones is 2. The van der Waals surface area contributed by atoms with Crippen LogP contribution in [-0.2, 0) is 20.7 Å². The summed E-state index contributed by atoms with van der Waals surface area (Å²) in [7, 11) is 1.41. The molecule has 43 heavy (non-hydrogen) atoms. The highest BCUT2D eigenvalue weighted by Crippen LogP contribution is 2.44. The number of methoxy groups -OCH3 is 1. The van der Waals surface area contributed by atoms with E-state index in [2.05, 4.69) is 0 Å². The van der Waals surface area contributed by atoms with E-state index < -0.39 is 48.7 Å². The zero-order chi connectivity index (χ0) is 32.6. The first-order chi connectivity index (χ1) is 20.2. The molecule has 0 fully saturated rings. The SMILES string of the molecule is COc1cccc(CC(=O)c2c(C)c(O)c([C@H](CC(C)C(=O)CO)OC(C)OC(C)C(O)C(C)CN)c(C)c2O)c1C=O. The van der Waals surface area contributed by atoms with Gasteiger partial charge >= 0.3 is 0 Å². The van der Waals surface area contributed by atoms with E-state index in [1.807, 2.05) is 0 Å². The van der Waals surface area contributed by atoms with Crippen molar-refractivity contribution in [1.82, 2.24) is 0 Å². The van der Waals surface area contributed by atoms with Gasteiger partial charge in [-0.25, -0.2) is 0 Å². The monoisotopic (exact) mass is 603 g/mol. The predicted molar refractivity (Wildman–Crippen MR) is 160 cm³/mol. The first kappa shape index (κ1) is 35.8. The van der Waals surface area contributed by atoms with Crippen LogP contribution in [0.3, 0.4) is 0 Å². The third kappa shape index (κ3) is 8.39. The van der Waals surface area contributed by atoms with Gasteiger partial charge in [-0.2, -0.15) is 0 Å². The van der Waals surface area contributed by atoms with Crippen LogP contribution < -0.4 is 10.5 Å². The van der Waals surface area contributed by atoms with Gasteiger partial charge in [0, 0.05) is 29.0 Å². The molecule has 2 aromatic carbocycles. The summed E-state index contributed by atoms with van der Waals surface area (Å²) in [4.78, 5) is 37.5. The lowest BCUT2D eigenvalue weighted by Crippen LogP contribution is -2.38. The smallest absolute Gasteiger partial charge is 0.171 e. The standard InChI is InChI=1S/C32H45NO10/c1-16(25(37)15-35)11-27(43-21(6)42-20(5)30(38)17(2)13-33)29-19(4)31(39)28(18(3)32(29)40)24(36)12-22-9-8-10-26(41-7)23(22)14-34/h8-10,14,16-17,20-21,27,30,35,38-40H,11-13,15,33H2,1-7H3/t16?,17?,20?,21?,27-,30?/m0/s1. The number of carbonyl (C=O) groups excluding carboxylic acids is 3. The van der Waals surface area contributed by atoms with Crippen molar-refractivity contribution in [3.8, 4) is 17.2 Å². The van der Waals surface area contributed by atoms with Gasteiger partial charge < -0.3 is 40.4 Å². The number of phenols is 2. The Morgan fingerprint density at radius 1 is 1.02 bits per heavy atom. The second-order valence-electron chi connectivity index (χ2n) is 11.0. The maximum atomic E-state index is 13.5. The van der Waals surface area contributed by atoms with Gasteiger partial charge in [-0.15, -0.1) is 0 Å². The largest absolute Gasteiger partial charge is 0.507 e. The Morgan fingerprint density at radius 3 is 2.23 bits per heavy atom. The number of aliphatic hydroxyl groups excluding tert-OH is 2. The minimum absolute atomic E-state index is 0.0102. The van der Waals surface area contributed by atoms with E-state index in [9.17, 15) is 34.8 Å². The van der Waals surface area contributed by atoms with Crippen molar-refractivity contribution in [3.05, 3.63) is 51.6 Å². The number of carbonyl (C=O) groups is 3. The molecule has 0 aliphatic carbocycles. The van der Waals surface area contributed by atoms with Gasteiger partial charge in [0.25, 0.3) is 0 Å². The Balaban J connectivity index is 2.53. The maximum Gasteiger partial charge on any atom is 0.171 e. The van der Waals surface area contributed by atoms with Gasteiger partial charge in [-0.05, 0) is 58.2 Å². The van der Waals surface area contributed by atoms with Crippen LogP contribution in [0.2, 0.25) is 0 Å². The third-order valence-corrected chi connectivity index (χ3v) is 7.90.